The zero-order valence-corrected chi connectivity index (χ0v) is 26.5. The molecule has 1 fully saturated rings. The SMILES string of the molecule is CC(C)NC(=O)C1(C(=O)OCc2ccccc2)CCN(Cc2ccc(-c3noc(-c4ccc(-c5ccccc5)c(F)c4)n3)cc2)CC1. The van der Waals surface area contributed by atoms with Crippen LogP contribution in [0.4, 0.5) is 4.39 Å². The number of ether oxygens (including phenoxy) is 1. The highest BCUT2D eigenvalue weighted by Crippen LogP contribution is 2.35. The number of esters is 1. The van der Waals surface area contributed by atoms with Gasteiger partial charge in [-0.15, -0.1) is 0 Å². The minimum atomic E-state index is -1.22. The van der Waals surface area contributed by atoms with Crippen molar-refractivity contribution in [2.75, 3.05) is 13.1 Å². The van der Waals surface area contributed by atoms with Gasteiger partial charge in [0, 0.05) is 42.4 Å². The van der Waals surface area contributed by atoms with Crippen LogP contribution >= 0.6 is 0 Å². The summed E-state index contributed by atoms with van der Waals surface area (Å²) < 4.78 is 26.1. The topological polar surface area (TPSA) is 97.6 Å². The molecule has 0 atom stereocenters. The Balaban J connectivity index is 1.08. The summed E-state index contributed by atoms with van der Waals surface area (Å²) in [6.07, 6.45) is 0.742. The monoisotopic (exact) mass is 632 g/mol. The largest absolute Gasteiger partial charge is 0.460 e. The van der Waals surface area contributed by atoms with E-state index in [0.29, 0.717) is 49.4 Å². The van der Waals surface area contributed by atoms with E-state index in [9.17, 15) is 14.0 Å². The van der Waals surface area contributed by atoms with E-state index < -0.39 is 11.4 Å². The quantitative estimate of drug-likeness (QED) is 0.130. The highest BCUT2D eigenvalue weighted by Gasteiger charge is 2.49. The number of halogens is 1. The minimum Gasteiger partial charge on any atom is -0.460 e. The molecule has 1 amide bonds. The fraction of sp³-hybridized carbons (Fsp3) is 0.263. The molecule has 1 aromatic heterocycles. The first-order chi connectivity index (χ1) is 22.8. The van der Waals surface area contributed by atoms with E-state index in [0.717, 1.165) is 22.3 Å². The number of nitrogens with one attached hydrogen (secondary N) is 1. The number of hydrogen-bond donors (Lipinski definition) is 1. The van der Waals surface area contributed by atoms with Crippen LogP contribution in [-0.2, 0) is 27.5 Å². The molecule has 0 saturated carbocycles. The lowest BCUT2D eigenvalue weighted by atomic mass is 9.77. The van der Waals surface area contributed by atoms with Gasteiger partial charge in [-0.3, -0.25) is 14.5 Å². The lowest BCUT2D eigenvalue weighted by molar-refractivity contribution is -0.166. The van der Waals surface area contributed by atoms with Crippen LogP contribution < -0.4 is 5.32 Å². The zero-order chi connectivity index (χ0) is 32.8. The van der Waals surface area contributed by atoms with Crippen LogP contribution in [0.5, 0.6) is 0 Å². The van der Waals surface area contributed by atoms with Gasteiger partial charge in [0.25, 0.3) is 5.89 Å². The van der Waals surface area contributed by atoms with Crippen molar-refractivity contribution in [3.8, 4) is 34.0 Å². The summed E-state index contributed by atoms with van der Waals surface area (Å²) in [5.41, 5.74) is 3.31. The van der Waals surface area contributed by atoms with Crippen molar-refractivity contribution in [3.05, 3.63) is 120 Å². The number of aromatic nitrogens is 2. The molecule has 0 unspecified atom stereocenters. The Kier molecular flexibility index (Phi) is 9.54. The maximum Gasteiger partial charge on any atom is 0.322 e. The molecule has 6 rings (SSSR count). The van der Waals surface area contributed by atoms with Gasteiger partial charge in [0.2, 0.25) is 11.7 Å². The molecule has 8 nitrogen and oxygen atoms in total. The van der Waals surface area contributed by atoms with Crippen LogP contribution in [0.2, 0.25) is 0 Å². The van der Waals surface area contributed by atoms with Gasteiger partial charge < -0.3 is 14.6 Å². The van der Waals surface area contributed by atoms with E-state index in [2.05, 4.69) is 20.4 Å². The Hall–Kier alpha value is -5.15. The molecule has 1 N–H and O–H groups in total. The van der Waals surface area contributed by atoms with E-state index in [1.807, 2.05) is 98.8 Å². The first kappa shape index (κ1) is 31.8. The van der Waals surface area contributed by atoms with Crippen molar-refractivity contribution >= 4 is 11.9 Å². The van der Waals surface area contributed by atoms with Crippen molar-refractivity contribution in [1.29, 1.82) is 0 Å². The van der Waals surface area contributed by atoms with Gasteiger partial charge in [0.05, 0.1) is 0 Å². The number of benzene rings is 4. The minimum absolute atomic E-state index is 0.0884. The van der Waals surface area contributed by atoms with Crippen molar-refractivity contribution < 1.29 is 23.2 Å². The second-order valence-corrected chi connectivity index (χ2v) is 12.2. The number of amides is 1. The first-order valence-electron chi connectivity index (χ1n) is 15.8. The summed E-state index contributed by atoms with van der Waals surface area (Å²) in [4.78, 5) is 33.5. The normalized spacial score (nSPS) is 14.6. The molecule has 1 saturated heterocycles. The van der Waals surface area contributed by atoms with Gasteiger partial charge in [-0.1, -0.05) is 96.2 Å². The summed E-state index contributed by atoms with van der Waals surface area (Å²) in [5, 5.41) is 7.07. The van der Waals surface area contributed by atoms with Crippen molar-refractivity contribution in [2.24, 2.45) is 5.41 Å². The van der Waals surface area contributed by atoms with Crippen LogP contribution in [0, 0.1) is 11.2 Å². The fourth-order valence-electron chi connectivity index (χ4n) is 5.85. The summed E-state index contributed by atoms with van der Waals surface area (Å²) >= 11 is 0. The van der Waals surface area contributed by atoms with Crippen molar-refractivity contribution in [1.82, 2.24) is 20.4 Å². The Morgan fingerprint density at radius 3 is 2.19 bits per heavy atom. The lowest BCUT2D eigenvalue weighted by Gasteiger charge is -2.39. The van der Waals surface area contributed by atoms with E-state index in [4.69, 9.17) is 9.26 Å². The summed E-state index contributed by atoms with van der Waals surface area (Å²) in [5.74, 6) is -0.464. The number of piperidine rings is 1. The number of hydrogen-bond acceptors (Lipinski definition) is 7. The van der Waals surface area contributed by atoms with Crippen molar-refractivity contribution in [3.63, 3.8) is 0 Å². The van der Waals surface area contributed by atoms with Crippen LogP contribution in [0.25, 0.3) is 34.0 Å². The molecule has 0 bridgehead atoms. The molecule has 5 aromatic rings. The molecule has 0 aliphatic carbocycles. The summed E-state index contributed by atoms with van der Waals surface area (Å²) in [7, 11) is 0. The van der Waals surface area contributed by atoms with Crippen LogP contribution in [-0.4, -0.2) is 46.0 Å². The van der Waals surface area contributed by atoms with Gasteiger partial charge in [-0.25, -0.2) is 4.39 Å². The van der Waals surface area contributed by atoms with Gasteiger partial charge in [0.1, 0.15) is 17.8 Å². The standard InChI is InChI=1S/C38H37FN4O4/c1-26(2)40-36(44)38(37(45)46-25-28-9-5-3-6-10-28)19-21-43(22-20-38)24-27-13-15-30(16-14-27)34-41-35(47-42-34)31-17-18-32(33(39)23-31)29-11-7-4-8-12-29/h3-18,23,26H,19-22,24-25H2,1-2H3,(H,40,44). The maximum atomic E-state index is 14.9. The predicted octanol–water partition coefficient (Wildman–Crippen LogP) is 7.06. The highest BCUT2D eigenvalue weighted by atomic mass is 19.1. The van der Waals surface area contributed by atoms with Gasteiger partial charge in [-0.05, 0) is 55.5 Å². The highest BCUT2D eigenvalue weighted by molar-refractivity contribution is 6.03. The molecule has 0 spiro atoms. The molecule has 9 heteroatoms. The second-order valence-electron chi connectivity index (χ2n) is 12.2. The van der Waals surface area contributed by atoms with Gasteiger partial charge in [-0.2, -0.15) is 4.98 Å². The van der Waals surface area contributed by atoms with Gasteiger partial charge >= 0.3 is 5.97 Å². The number of nitrogens with zero attached hydrogens (tertiary/aromatic N) is 3. The van der Waals surface area contributed by atoms with E-state index in [1.165, 1.54) is 6.07 Å². The molecule has 4 aromatic carbocycles. The van der Waals surface area contributed by atoms with Crippen LogP contribution in [0.15, 0.2) is 108 Å². The molecule has 1 aliphatic rings. The lowest BCUT2D eigenvalue weighted by Crippen LogP contribution is -2.54. The number of likely N-dealkylation sites (tertiary alicyclic amines) is 1. The van der Waals surface area contributed by atoms with Crippen LogP contribution in [0.1, 0.15) is 37.8 Å². The van der Waals surface area contributed by atoms with Gasteiger partial charge in [0.15, 0.2) is 0 Å². The second kappa shape index (κ2) is 14.1. The Bertz CT molecular complexity index is 1820. The third-order valence-electron chi connectivity index (χ3n) is 8.51. The molecule has 240 valence electrons. The van der Waals surface area contributed by atoms with E-state index >= 15 is 0 Å². The number of carbonyl (C=O) groups excluding carboxylic acids is 2. The Morgan fingerprint density at radius 1 is 0.872 bits per heavy atom. The third kappa shape index (κ3) is 7.31. The third-order valence-corrected chi connectivity index (χ3v) is 8.51. The van der Waals surface area contributed by atoms with Crippen molar-refractivity contribution in [2.45, 2.75) is 45.9 Å². The smallest absolute Gasteiger partial charge is 0.322 e. The average molecular weight is 633 g/mol. The summed E-state index contributed by atoms with van der Waals surface area (Å²) in [6, 6.07) is 31.5. The van der Waals surface area contributed by atoms with E-state index in [-0.39, 0.29) is 30.3 Å². The summed E-state index contributed by atoms with van der Waals surface area (Å²) in [6.45, 7) is 5.71. The molecule has 2 heterocycles. The zero-order valence-electron chi connectivity index (χ0n) is 26.5. The predicted molar refractivity (Wildman–Crippen MR) is 177 cm³/mol. The van der Waals surface area contributed by atoms with Crippen LogP contribution in [0.3, 0.4) is 0 Å². The number of carbonyl (C=O) groups is 2. The Labute approximate surface area is 273 Å². The fourth-order valence-corrected chi connectivity index (χ4v) is 5.85. The average Bonchev–Trinajstić information content (AvgIpc) is 3.59. The molecule has 1 aliphatic heterocycles. The molecule has 0 radical (unpaired) electrons. The molecular weight excluding hydrogens is 595 g/mol. The Morgan fingerprint density at radius 2 is 1.53 bits per heavy atom. The molecular formula is C38H37FN4O4. The van der Waals surface area contributed by atoms with E-state index in [1.54, 1.807) is 12.1 Å². The maximum absolute atomic E-state index is 14.9. The first-order valence-corrected chi connectivity index (χ1v) is 15.8. The molecule has 47 heavy (non-hydrogen) atoms. The number of rotatable bonds is 10.